The maximum atomic E-state index is 13.0. The topological polar surface area (TPSA) is 38.3 Å². The highest BCUT2D eigenvalue weighted by Gasteiger charge is 2.35. The lowest BCUT2D eigenvalue weighted by molar-refractivity contribution is -0.121. The summed E-state index contributed by atoms with van der Waals surface area (Å²) in [6.07, 6.45) is 1.50. The summed E-state index contributed by atoms with van der Waals surface area (Å²) in [7, 11) is 0. The molecule has 0 unspecified atom stereocenters. The van der Waals surface area contributed by atoms with Crippen LogP contribution in [0, 0.1) is 6.92 Å². The van der Waals surface area contributed by atoms with Crippen molar-refractivity contribution in [1.82, 2.24) is 5.32 Å². The Kier molecular flexibility index (Phi) is 6.07. The molecule has 0 aliphatic carbocycles. The minimum atomic E-state index is -0.316. The van der Waals surface area contributed by atoms with Crippen LogP contribution in [0.25, 0.3) is 0 Å². The van der Waals surface area contributed by atoms with Crippen LogP contribution < -0.4 is 10.1 Å². The number of ether oxygens (including phenoxy) is 1. The summed E-state index contributed by atoms with van der Waals surface area (Å²) >= 11 is 7.53. The average molecular weight is 404 g/mol. The van der Waals surface area contributed by atoms with Crippen LogP contribution in [0.3, 0.4) is 0 Å². The number of carbonyl (C=O) groups excluding carboxylic acids is 1. The van der Waals surface area contributed by atoms with Gasteiger partial charge >= 0.3 is 0 Å². The number of hydrogen-bond donors (Lipinski definition) is 1. The Morgan fingerprint density at radius 1 is 1.30 bits per heavy atom. The van der Waals surface area contributed by atoms with Crippen LogP contribution in [0.2, 0.25) is 5.02 Å². The Morgan fingerprint density at radius 3 is 2.67 bits per heavy atom. The summed E-state index contributed by atoms with van der Waals surface area (Å²) in [5.41, 5.74) is 1.89. The highest BCUT2D eigenvalue weighted by Crippen LogP contribution is 2.40. The smallest absolute Gasteiger partial charge is 0.233 e. The number of halogens is 1. The van der Waals surface area contributed by atoms with Gasteiger partial charge in [0.1, 0.15) is 11.4 Å². The van der Waals surface area contributed by atoms with Crippen LogP contribution in [0.5, 0.6) is 5.75 Å². The van der Waals surface area contributed by atoms with Crippen molar-refractivity contribution in [3.05, 3.63) is 58.6 Å². The second-order valence-electron chi connectivity index (χ2n) is 7.64. The van der Waals surface area contributed by atoms with E-state index in [9.17, 15) is 4.79 Å². The number of benzene rings is 2. The Labute approximate surface area is 170 Å². The highest BCUT2D eigenvalue weighted by molar-refractivity contribution is 8.00. The SMILES string of the molecule is CC[C@H](Sc1ccc(Cl)cc1)C(=O)N[C@H]1CC(C)(C)Oc2cc(C)ccc21. The van der Waals surface area contributed by atoms with Gasteiger partial charge in [-0.2, -0.15) is 0 Å². The normalized spacial score (nSPS) is 18.9. The van der Waals surface area contributed by atoms with Crippen LogP contribution in [0.15, 0.2) is 47.4 Å². The van der Waals surface area contributed by atoms with Gasteiger partial charge in [0, 0.05) is 21.9 Å². The number of rotatable bonds is 5. The number of nitrogens with one attached hydrogen (secondary N) is 1. The largest absolute Gasteiger partial charge is 0.487 e. The zero-order valence-corrected chi connectivity index (χ0v) is 17.8. The molecule has 0 saturated carbocycles. The number of carbonyl (C=O) groups is 1. The molecule has 0 radical (unpaired) electrons. The van der Waals surface area contributed by atoms with Gasteiger partial charge in [0.05, 0.1) is 11.3 Å². The molecule has 1 aliphatic heterocycles. The fourth-order valence-electron chi connectivity index (χ4n) is 3.35. The molecule has 2 atom stereocenters. The Balaban J connectivity index is 1.76. The molecule has 0 spiro atoms. The third-order valence-electron chi connectivity index (χ3n) is 4.70. The van der Waals surface area contributed by atoms with Gasteiger partial charge in [0.25, 0.3) is 0 Å². The Hall–Kier alpha value is -1.65. The van der Waals surface area contributed by atoms with E-state index in [2.05, 4.69) is 44.3 Å². The van der Waals surface area contributed by atoms with Crippen molar-refractivity contribution in [3.63, 3.8) is 0 Å². The number of thioether (sulfide) groups is 1. The molecule has 2 aromatic carbocycles. The van der Waals surface area contributed by atoms with E-state index in [0.717, 1.165) is 34.6 Å². The third kappa shape index (κ3) is 4.99. The van der Waals surface area contributed by atoms with Crippen molar-refractivity contribution in [2.75, 3.05) is 0 Å². The van der Waals surface area contributed by atoms with Gasteiger partial charge < -0.3 is 10.1 Å². The minimum absolute atomic E-state index is 0.0447. The van der Waals surface area contributed by atoms with Crippen molar-refractivity contribution in [3.8, 4) is 5.75 Å². The summed E-state index contributed by atoms with van der Waals surface area (Å²) in [4.78, 5) is 14.0. The van der Waals surface area contributed by atoms with Crippen molar-refractivity contribution < 1.29 is 9.53 Å². The lowest BCUT2D eigenvalue weighted by Crippen LogP contribution is -2.43. The monoisotopic (exact) mass is 403 g/mol. The van der Waals surface area contributed by atoms with Crippen LogP contribution in [-0.2, 0) is 4.79 Å². The maximum absolute atomic E-state index is 13.0. The summed E-state index contributed by atoms with van der Waals surface area (Å²) in [5, 5.41) is 3.82. The van der Waals surface area contributed by atoms with Gasteiger partial charge in [-0.25, -0.2) is 0 Å². The molecule has 144 valence electrons. The molecule has 0 bridgehead atoms. The molecule has 3 nitrogen and oxygen atoms in total. The predicted octanol–water partition coefficient (Wildman–Crippen LogP) is 5.94. The van der Waals surface area contributed by atoms with E-state index in [1.807, 2.05) is 31.2 Å². The first-order valence-electron chi connectivity index (χ1n) is 9.29. The summed E-state index contributed by atoms with van der Waals surface area (Å²) < 4.78 is 6.14. The van der Waals surface area contributed by atoms with E-state index < -0.39 is 0 Å². The zero-order valence-electron chi connectivity index (χ0n) is 16.2. The molecule has 27 heavy (non-hydrogen) atoms. The first kappa shape index (κ1) is 20.1. The van der Waals surface area contributed by atoms with E-state index in [1.54, 1.807) is 11.8 Å². The molecule has 5 heteroatoms. The second-order valence-corrected chi connectivity index (χ2v) is 9.35. The molecular weight excluding hydrogens is 378 g/mol. The standard InChI is InChI=1S/C22H26ClNO2S/c1-5-20(27-16-9-7-15(23)8-10-16)21(25)24-18-13-22(3,4)26-19-12-14(2)6-11-17(18)19/h6-12,18,20H,5,13H2,1-4H3,(H,24,25)/t18-,20-/m0/s1. The summed E-state index contributed by atoms with van der Waals surface area (Å²) in [6, 6.07) is 13.8. The van der Waals surface area contributed by atoms with Crippen molar-refractivity contribution in [1.29, 1.82) is 0 Å². The summed E-state index contributed by atoms with van der Waals surface area (Å²) in [6.45, 7) is 8.22. The predicted molar refractivity (Wildman–Crippen MR) is 113 cm³/mol. The molecule has 3 rings (SSSR count). The Morgan fingerprint density at radius 2 is 2.00 bits per heavy atom. The molecule has 1 amide bonds. The van der Waals surface area contributed by atoms with Gasteiger partial charge in [-0.1, -0.05) is 30.7 Å². The fourth-order valence-corrected chi connectivity index (χ4v) is 4.44. The van der Waals surface area contributed by atoms with Crippen LogP contribution in [0.1, 0.15) is 50.8 Å². The lowest BCUT2D eigenvalue weighted by atomic mass is 9.89. The Bertz CT molecular complexity index is 820. The first-order valence-corrected chi connectivity index (χ1v) is 10.6. The molecule has 1 heterocycles. The average Bonchev–Trinajstić information content (AvgIpc) is 2.59. The fraction of sp³-hybridized carbons (Fsp3) is 0.409. The second kappa shape index (κ2) is 8.15. The van der Waals surface area contributed by atoms with Crippen LogP contribution in [-0.4, -0.2) is 16.8 Å². The van der Waals surface area contributed by atoms with Gasteiger partial charge in [-0.05, 0) is 63.1 Å². The van der Waals surface area contributed by atoms with Gasteiger partial charge in [0.15, 0.2) is 0 Å². The number of fused-ring (bicyclic) bond motifs is 1. The lowest BCUT2D eigenvalue weighted by Gasteiger charge is -2.38. The number of amides is 1. The molecule has 1 N–H and O–H groups in total. The molecular formula is C22H26ClNO2S. The van der Waals surface area contributed by atoms with Gasteiger partial charge in [-0.15, -0.1) is 11.8 Å². The highest BCUT2D eigenvalue weighted by atomic mass is 35.5. The van der Waals surface area contributed by atoms with Crippen LogP contribution in [0.4, 0.5) is 0 Å². The zero-order chi connectivity index (χ0) is 19.6. The van der Waals surface area contributed by atoms with E-state index in [0.29, 0.717) is 5.02 Å². The molecule has 0 aromatic heterocycles. The van der Waals surface area contributed by atoms with Crippen molar-refractivity contribution in [2.24, 2.45) is 0 Å². The molecule has 0 saturated heterocycles. The van der Waals surface area contributed by atoms with Crippen molar-refractivity contribution >= 4 is 29.3 Å². The van der Waals surface area contributed by atoms with E-state index >= 15 is 0 Å². The minimum Gasteiger partial charge on any atom is -0.487 e. The maximum Gasteiger partial charge on any atom is 0.233 e. The van der Waals surface area contributed by atoms with Gasteiger partial charge in [0.2, 0.25) is 5.91 Å². The van der Waals surface area contributed by atoms with Crippen LogP contribution >= 0.6 is 23.4 Å². The van der Waals surface area contributed by atoms with E-state index in [4.69, 9.17) is 16.3 Å². The quantitative estimate of drug-likeness (QED) is 0.628. The van der Waals surface area contributed by atoms with E-state index in [1.165, 1.54) is 0 Å². The van der Waals surface area contributed by atoms with Crippen molar-refractivity contribution in [2.45, 2.75) is 62.3 Å². The first-order chi connectivity index (χ1) is 12.8. The van der Waals surface area contributed by atoms with Gasteiger partial charge in [-0.3, -0.25) is 4.79 Å². The number of aryl methyl sites for hydroxylation is 1. The third-order valence-corrected chi connectivity index (χ3v) is 6.33. The van der Waals surface area contributed by atoms with E-state index in [-0.39, 0.29) is 22.8 Å². The number of hydrogen-bond acceptors (Lipinski definition) is 3. The molecule has 1 aliphatic rings. The molecule has 2 aromatic rings. The molecule has 0 fully saturated rings. The summed E-state index contributed by atoms with van der Waals surface area (Å²) in [5.74, 6) is 0.932.